The molecule has 2 rings (SSSR count). The van der Waals surface area contributed by atoms with Crippen LogP contribution in [0.3, 0.4) is 0 Å². The summed E-state index contributed by atoms with van der Waals surface area (Å²) in [5, 5.41) is 0. The van der Waals surface area contributed by atoms with Crippen LogP contribution in [0.15, 0.2) is 6.07 Å². The average molecular weight is 174 g/mol. The zero-order chi connectivity index (χ0) is 9.59. The van der Waals surface area contributed by atoms with E-state index in [0.29, 0.717) is 0 Å². The molecule has 0 amide bonds. The lowest BCUT2D eigenvalue weighted by atomic mass is 9.95. The van der Waals surface area contributed by atoms with Gasteiger partial charge in [0.15, 0.2) is 0 Å². The third kappa shape index (κ3) is 1.29. The molecule has 0 saturated heterocycles. The summed E-state index contributed by atoms with van der Waals surface area (Å²) >= 11 is 0. The van der Waals surface area contributed by atoms with Crippen LogP contribution in [0, 0.1) is 26.7 Å². The third-order valence-electron chi connectivity index (χ3n) is 3.51. The van der Waals surface area contributed by atoms with Gasteiger partial charge in [0, 0.05) is 0 Å². The first-order chi connectivity index (χ1) is 6.09. The zero-order valence-corrected chi connectivity index (χ0v) is 9.07. The van der Waals surface area contributed by atoms with Gasteiger partial charge in [-0.2, -0.15) is 0 Å². The standard InChI is InChI=1S/C13H18/c1-8-5-12-7-9(2)10(3)11(4)13(12)6-8/h7-8H,5-6H2,1-4H3. The molecule has 1 aliphatic rings. The summed E-state index contributed by atoms with van der Waals surface area (Å²) < 4.78 is 0. The molecule has 0 spiro atoms. The molecule has 0 aromatic heterocycles. The van der Waals surface area contributed by atoms with Crippen molar-refractivity contribution in [2.75, 3.05) is 0 Å². The van der Waals surface area contributed by atoms with Crippen molar-refractivity contribution in [3.05, 3.63) is 33.9 Å². The van der Waals surface area contributed by atoms with Gasteiger partial charge in [0.05, 0.1) is 0 Å². The summed E-state index contributed by atoms with van der Waals surface area (Å²) in [7, 11) is 0. The maximum atomic E-state index is 2.39. The summed E-state index contributed by atoms with van der Waals surface area (Å²) in [6, 6.07) is 2.39. The summed E-state index contributed by atoms with van der Waals surface area (Å²) in [5.74, 6) is 0.856. The maximum absolute atomic E-state index is 2.39. The monoisotopic (exact) mass is 174 g/mol. The van der Waals surface area contributed by atoms with Crippen LogP contribution in [-0.4, -0.2) is 0 Å². The van der Waals surface area contributed by atoms with E-state index in [1.807, 2.05) is 0 Å². The van der Waals surface area contributed by atoms with Crippen molar-refractivity contribution in [1.82, 2.24) is 0 Å². The number of hydrogen-bond acceptors (Lipinski definition) is 0. The number of rotatable bonds is 0. The fourth-order valence-electron chi connectivity index (χ4n) is 2.48. The van der Waals surface area contributed by atoms with E-state index in [2.05, 4.69) is 33.8 Å². The van der Waals surface area contributed by atoms with Gasteiger partial charge < -0.3 is 0 Å². The van der Waals surface area contributed by atoms with Crippen molar-refractivity contribution in [2.45, 2.75) is 40.5 Å². The summed E-state index contributed by atoms with van der Waals surface area (Å²) in [6.45, 7) is 9.10. The molecule has 0 saturated carbocycles. The molecular formula is C13H18. The highest BCUT2D eigenvalue weighted by molar-refractivity contribution is 5.46. The third-order valence-corrected chi connectivity index (χ3v) is 3.51. The lowest BCUT2D eigenvalue weighted by Gasteiger charge is -2.10. The average Bonchev–Trinajstić information content (AvgIpc) is 2.42. The fraction of sp³-hybridized carbons (Fsp3) is 0.538. The van der Waals surface area contributed by atoms with Crippen molar-refractivity contribution in [1.29, 1.82) is 0 Å². The predicted octanol–water partition coefficient (Wildman–Crippen LogP) is 3.35. The van der Waals surface area contributed by atoms with Crippen molar-refractivity contribution < 1.29 is 0 Å². The van der Waals surface area contributed by atoms with Gasteiger partial charge in [-0.1, -0.05) is 13.0 Å². The van der Waals surface area contributed by atoms with E-state index in [1.165, 1.54) is 24.0 Å². The molecule has 1 atom stereocenters. The molecule has 0 heterocycles. The highest BCUT2D eigenvalue weighted by atomic mass is 14.3. The van der Waals surface area contributed by atoms with Crippen LogP contribution in [0.4, 0.5) is 0 Å². The first-order valence-corrected chi connectivity index (χ1v) is 5.18. The molecule has 0 radical (unpaired) electrons. The van der Waals surface area contributed by atoms with Gasteiger partial charge in [0.25, 0.3) is 0 Å². The Bertz CT molecular complexity index is 348. The minimum Gasteiger partial charge on any atom is -0.0619 e. The Morgan fingerprint density at radius 1 is 1.08 bits per heavy atom. The van der Waals surface area contributed by atoms with Crippen LogP contribution >= 0.6 is 0 Å². The Labute approximate surface area is 81.0 Å². The Hall–Kier alpha value is -0.780. The van der Waals surface area contributed by atoms with E-state index in [4.69, 9.17) is 0 Å². The van der Waals surface area contributed by atoms with Crippen molar-refractivity contribution in [3.63, 3.8) is 0 Å². The van der Waals surface area contributed by atoms with Gasteiger partial charge in [-0.3, -0.25) is 0 Å². The van der Waals surface area contributed by atoms with Gasteiger partial charge in [-0.25, -0.2) is 0 Å². The zero-order valence-electron chi connectivity index (χ0n) is 9.07. The molecule has 1 unspecified atom stereocenters. The fourth-order valence-corrected chi connectivity index (χ4v) is 2.48. The van der Waals surface area contributed by atoms with Crippen LogP contribution in [0.25, 0.3) is 0 Å². The molecular weight excluding hydrogens is 156 g/mol. The number of hydrogen-bond donors (Lipinski definition) is 0. The molecule has 1 aromatic carbocycles. The number of benzene rings is 1. The molecule has 0 fully saturated rings. The Morgan fingerprint density at radius 2 is 1.77 bits per heavy atom. The van der Waals surface area contributed by atoms with E-state index in [0.717, 1.165) is 5.92 Å². The molecule has 1 aliphatic carbocycles. The quantitative estimate of drug-likeness (QED) is 0.566. The van der Waals surface area contributed by atoms with Gasteiger partial charge in [0.2, 0.25) is 0 Å². The second kappa shape index (κ2) is 2.87. The van der Waals surface area contributed by atoms with E-state index in [9.17, 15) is 0 Å². The highest BCUT2D eigenvalue weighted by Gasteiger charge is 2.20. The number of fused-ring (bicyclic) bond motifs is 1. The smallest absolute Gasteiger partial charge is 0.0244 e. The number of aryl methyl sites for hydroxylation is 1. The molecule has 1 aromatic rings. The van der Waals surface area contributed by atoms with E-state index in [1.54, 1.807) is 16.7 Å². The van der Waals surface area contributed by atoms with Gasteiger partial charge in [-0.05, 0) is 67.3 Å². The lowest BCUT2D eigenvalue weighted by Crippen LogP contribution is -1.94. The molecule has 0 N–H and O–H groups in total. The second-order valence-electron chi connectivity index (χ2n) is 4.59. The molecule has 0 aliphatic heterocycles. The predicted molar refractivity (Wildman–Crippen MR) is 57.2 cm³/mol. The Balaban J connectivity index is 2.60. The first kappa shape index (κ1) is 8.80. The maximum Gasteiger partial charge on any atom is -0.0244 e. The Morgan fingerprint density at radius 3 is 2.46 bits per heavy atom. The summed E-state index contributed by atoms with van der Waals surface area (Å²) in [4.78, 5) is 0. The van der Waals surface area contributed by atoms with E-state index < -0.39 is 0 Å². The minimum atomic E-state index is 0.856. The van der Waals surface area contributed by atoms with Gasteiger partial charge in [-0.15, -0.1) is 0 Å². The van der Waals surface area contributed by atoms with Gasteiger partial charge in [0.1, 0.15) is 0 Å². The van der Waals surface area contributed by atoms with Crippen LogP contribution in [-0.2, 0) is 12.8 Å². The Kier molecular flexibility index (Phi) is 1.94. The van der Waals surface area contributed by atoms with Crippen molar-refractivity contribution in [2.24, 2.45) is 5.92 Å². The molecule has 70 valence electrons. The SMILES string of the molecule is Cc1cc2c(c(C)c1C)CC(C)C2. The lowest BCUT2D eigenvalue weighted by molar-refractivity contribution is 0.627. The summed E-state index contributed by atoms with van der Waals surface area (Å²) in [5.41, 5.74) is 7.74. The summed E-state index contributed by atoms with van der Waals surface area (Å²) in [6.07, 6.45) is 2.58. The van der Waals surface area contributed by atoms with Crippen molar-refractivity contribution >= 4 is 0 Å². The van der Waals surface area contributed by atoms with E-state index >= 15 is 0 Å². The topological polar surface area (TPSA) is 0 Å². The molecule has 0 nitrogen and oxygen atoms in total. The normalized spacial score (nSPS) is 20.5. The minimum absolute atomic E-state index is 0.856. The highest BCUT2D eigenvalue weighted by Crippen LogP contribution is 2.32. The van der Waals surface area contributed by atoms with Crippen LogP contribution in [0.2, 0.25) is 0 Å². The molecule has 13 heavy (non-hydrogen) atoms. The van der Waals surface area contributed by atoms with Gasteiger partial charge >= 0.3 is 0 Å². The largest absolute Gasteiger partial charge is 0.0619 e. The van der Waals surface area contributed by atoms with Crippen LogP contribution < -0.4 is 0 Å². The van der Waals surface area contributed by atoms with Crippen LogP contribution in [0.5, 0.6) is 0 Å². The van der Waals surface area contributed by atoms with Crippen LogP contribution in [0.1, 0.15) is 34.7 Å². The van der Waals surface area contributed by atoms with E-state index in [-0.39, 0.29) is 0 Å². The second-order valence-corrected chi connectivity index (χ2v) is 4.59. The van der Waals surface area contributed by atoms with Crippen molar-refractivity contribution in [3.8, 4) is 0 Å². The molecule has 0 heteroatoms. The molecule has 0 bridgehead atoms. The first-order valence-electron chi connectivity index (χ1n) is 5.18.